The van der Waals surface area contributed by atoms with Crippen molar-refractivity contribution >= 4 is 28.3 Å². The largest absolute Gasteiger partial charge is 0.478 e. The molecule has 100 valence electrons. The minimum atomic E-state index is -1.07. The van der Waals surface area contributed by atoms with Crippen LogP contribution in [0.25, 0.3) is 0 Å². The highest BCUT2D eigenvalue weighted by molar-refractivity contribution is 7.16. The van der Waals surface area contributed by atoms with Crippen molar-refractivity contribution in [2.24, 2.45) is 0 Å². The van der Waals surface area contributed by atoms with Crippen molar-refractivity contribution in [1.29, 1.82) is 0 Å². The Bertz CT molecular complexity index is 468. The quantitative estimate of drug-likeness (QED) is 0.668. The van der Waals surface area contributed by atoms with E-state index in [9.17, 15) is 9.59 Å². The summed E-state index contributed by atoms with van der Waals surface area (Å²) in [6.45, 7) is 5.15. The topological polar surface area (TPSA) is 98.7 Å². The number of aromatic carboxylic acids is 1. The first kappa shape index (κ1) is 14.5. The van der Waals surface area contributed by atoms with E-state index in [0.29, 0.717) is 10.6 Å². The highest BCUT2D eigenvalue weighted by Gasteiger charge is 2.20. The number of aliphatic hydroxyl groups is 1. The van der Waals surface area contributed by atoms with Gasteiger partial charge in [0.05, 0.1) is 11.7 Å². The zero-order chi connectivity index (χ0) is 13.9. The number of carboxylic acid groups (broad SMARTS) is 1. The van der Waals surface area contributed by atoms with Crippen LogP contribution in [0.2, 0.25) is 0 Å². The number of aryl methyl sites for hydroxylation is 1. The fourth-order valence-corrected chi connectivity index (χ4v) is 2.41. The van der Waals surface area contributed by atoms with Gasteiger partial charge in [-0.1, -0.05) is 0 Å². The van der Waals surface area contributed by atoms with Crippen molar-refractivity contribution in [1.82, 2.24) is 5.32 Å². The predicted molar refractivity (Wildman–Crippen MR) is 69.5 cm³/mol. The number of urea groups is 1. The second-order valence-corrected chi connectivity index (χ2v) is 5.20. The molecule has 1 heterocycles. The highest BCUT2D eigenvalue weighted by Crippen LogP contribution is 2.32. The number of thiophene rings is 1. The lowest BCUT2D eigenvalue weighted by Gasteiger charge is -2.08. The molecule has 6 nitrogen and oxygen atoms in total. The summed E-state index contributed by atoms with van der Waals surface area (Å²) in [7, 11) is 0. The van der Waals surface area contributed by atoms with Gasteiger partial charge in [-0.3, -0.25) is 5.32 Å². The molecule has 0 saturated heterocycles. The Labute approximate surface area is 109 Å². The van der Waals surface area contributed by atoms with Crippen LogP contribution in [-0.4, -0.2) is 34.9 Å². The number of carbonyl (C=O) groups is 2. The smallest absolute Gasteiger partial charge is 0.338 e. The lowest BCUT2D eigenvalue weighted by atomic mass is 10.1. The second kappa shape index (κ2) is 5.83. The van der Waals surface area contributed by atoms with E-state index < -0.39 is 18.1 Å². The molecule has 1 aromatic heterocycles. The molecule has 1 atom stereocenters. The Morgan fingerprint density at radius 1 is 1.39 bits per heavy atom. The number of rotatable bonds is 4. The van der Waals surface area contributed by atoms with Crippen LogP contribution < -0.4 is 10.6 Å². The van der Waals surface area contributed by atoms with Crippen LogP contribution in [0, 0.1) is 13.8 Å². The van der Waals surface area contributed by atoms with Crippen LogP contribution >= 0.6 is 11.3 Å². The molecular weight excluding hydrogens is 256 g/mol. The molecular formula is C11H16N2O4S. The molecule has 0 bridgehead atoms. The van der Waals surface area contributed by atoms with Crippen LogP contribution in [-0.2, 0) is 0 Å². The molecule has 1 rings (SSSR count). The van der Waals surface area contributed by atoms with Crippen LogP contribution in [0.3, 0.4) is 0 Å². The van der Waals surface area contributed by atoms with Crippen molar-refractivity contribution in [2.45, 2.75) is 26.9 Å². The van der Waals surface area contributed by atoms with Gasteiger partial charge in [0.2, 0.25) is 0 Å². The lowest BCUT2D eigenvalue weighted by molar-refractivity contribution is 0.0697. The third-order valence-corrected chi connectivity index (χ3v) is 3.51. The molecule has 2 amide bonds. The molecule has 0 fully saturated rings. The number of hydrogen-bond donors (Lipinski definition) is 4. The summed E-state index contributed by atoms with van der Waals surface area (Å²) in [5, 5.41) is 23.3. The molecule has 18 heavy (non-hydrogen) atoms. The third-order valence-electron chi connectivity index (χ3n) is 2.38. The molecule has 0 aromatic carbocycles. The number of carbonyl (C=O) groups excluding carboxylic acids is 1. The Kier molecular flexibility index (Phi) is 4.69. The van der Waals surface area contributed by atoms with Gasteiger partial charge >= 0.3 is 12.0 Å². The average Bonchev–Trinajstić information content (AvgIpc) is 2.51. The van der Waals surface area contributed by atoms with Crippen molar-refractivity contribution < 1.29 is 19.8 Å². The molecule has 0 aliphatic rings. The number of aliphatic hydroxyl groups excluding tert-OH is 1. The molecule has 0 aliphatic carbocycles. The van der Waals surface area contributed by atoms with E-state index in [1.165, 1.54) is 11.3 Å². The summed E-state index contributed by atoms with van der Waals surface area (Å²) in [6.07, 6.45) is -0.651. The zero-order valence-electron chi connectivity index (χ0n) is 10.4. The molecule has 0 unspecified atom stereocenters. The third kappa shape index (κ3) is 3.44. The van der Waals surface area contributed by atoms with E-state index in [1.54, 1.807) is 20.8 Å². The Hall–Kier alpha value is -1.60. The first-order valence-corrected chi connectivity index (χ1v) is 6.20. The minimum absolute atomic E-state index is 0.109. The monoisotopic (exact) mass is 272 g/mol. The van der Waals surface area contributed by atoms with Gasteiger partial charge in [0.25, 0.3) is 0 Å². The van der Waals surface area contributed by atoms with E-state index in [1.807, 2.05) is 0 Å². The van der Waals surface area contributed by atoms with E-state index >= 15 is 0 Å². The predicted octanol–water partition coefficient (Wildman–Crippen LogP) is 1.57. The molecule has 7 heteroatoms. The van der Waals surface area contributed by atoms with Gasteiger partial charge in [-0.15, -0.1) is 11.3 Å². The van der Waals surface area contributed by atoms with Gasteiger partial charge in [-0.25, -0.2) is 9.59 Å². The maximum atomic E-state index is 11.5. The summed E-state index contributed by atoms with van der Waals surface area (Å²) in [6, 6.07) is -0.528. The number of carboxylic acids is 1. The standard InChI is InChI=1S/C11H16N2O4S/c1-5(14)4-12-11(17)13-9-8(10(15)16)6(2)7(3)18-9/h5,14H,4H2,1-3H3,(H,15,16)(H2,12,13,17)/t5-/m0/s1. The summed E-state index contributed by atoms with van der Waals surface area (Å²) in [4.78, 5) is 23.4. The first-order valence-electron chi connectivity index (χ1n) is 5.39. The van der Waals surface area contributed by atoms with Crippen LogP contribution in [0.4, 0.5) is 9.80 Å². The maximum absolute atomic E-state index is 11.5. The first-order chi connectivity index (χ1) is 8.32. The molecule has 0 radical (unpaired) electrons. The number of hydrogen-bond acceptors (Lipinski definition) is 4. The summed E-state index contributed by atoms with van der Waals surface area (Å²) in [5.41, 5.74) is 0.767. The van der Waals surface area contributed by atoms with Gasteiger partial charge < -0.3 is 15.5 Å². The molecule has 0 spiro atoms. The molecule has 0 saturated carbocycles. The van der Waals surface area contributed by atoms with E-state index in [-0.39, 0.29) is 12.1 Å². The zero-order valence-corrected chi connectivity index (χ0v) is 11.2. The van der Waals surface area contributed by atoms with Crippen molar-refractivity contribution in [3.8, 4) is 0 Å². The fourth-order valence-electron chi connectivity index (χ4n) is 1.36. The van der Waals surface area contributed by atoms with E-state index in [2.05, 4.69) is 10.6 Å². The van der Waals surface area contributed by atoms with E-state index in [0.717, 1.165) is 4.88 Å². The van der Waals surface area contributed by atoms with Gasteiger partial charge in [0.15, 0.2) is 0 Å². The van der Waals surface area contributed by atoms with Gasteiger partial charge in [-0.2, -0.15) is 0 Å². The van der Waals surface area contributed by atoms with E-state index in [4.69, 9.17) is 10.2 Å². The molecule has 0 aliphatic heterocycles. The number of nitrogens with one attached hydrogen (secondary N) is 2. The normalized spacial score (nSPS) is 12.0. The van der Waals surface area contributed by atoms with Gasteiger partial charge in [0, 0.05) is 11.4 Å². The molecule has 4 N–H and O–H groups in total. The van der Waals surface area contributed by atoms with Crippen LogP contribution in [0.5, 0.6) is 0 Å². The Morgan fingerprint density at radius 3 is 2.50 bits per heavy atom. The second-order valence-electron chi connectivity index (χ2n) is 3.98. The summed E-state index contributed by atoms with van der Waals surface area (Å²) < 4.78 is 0. The maximum Gasteiger partial charge on any atom is 0.338 e. The Morgan fingerprint density at radius 2 is 2.00 bits per heavy atom. The van der Waals surface area contributed by atoms with Crippen molar-refractivity contribution in [3.05, 3.63) is 16.0 Å². The highest BCUT2D eigenvalue weighted by atomic mass is 32.1. The minimum Gasteiger partial charge on any atom is -0.478 e. The van der Waals surface area contributed by atoms with Gasteiger partial charge in [-0.05, 0) is 26.3 Å². The molecule has 1 aromatic rings. The lowest BCUT2D eigenvalue weighted by Crippen LogP contribution is -2.34. The van der Waals surface area contributed by atoms with Crippen LogP contribution in [0.15, 0.2) is 0 Å². The summed E-state index contributed by atoms with van der Waals surface area (Å²) >= 11 is 1.22. The number of anilines is 1. The van der Waals surface area contributed by atoms with Crippen molar-refractivity contribution in [3.63, 3.8) is 0 Å². The van der Waals surface area contributed by atoms with Crippen LogP contribution in [0.1, 0.15) is 27.7 Å². The van der Waals surface area contributed by atoms with Gasteiger partial charge in [0.1, 0.15) is 5.00 Å². The summed E-state index contributed by atoms with van der Waals surface area (Å²) in [5.74, 6) is -1.07. The fraction of sp³-hybridized carbons (Fsp3) is 0.455. The average molecular weight is 272 g/mol. The Balaban J connectivity index is 2.81. The SMILES string of the molecule is Cc1sc(NC(=O)NC[C@H](C)O)c(C(=O)O)c1C. The van der Waals surface area contributed by atoms with Crippen molar-refractivity contribution in [2.75, 3.05) is 11.9 Å². The number of amides is 2.